The van der Waals surface area contributed by atoms with Gasteiger partial charge in [0.15, 0.2) is 0 Å². The predicted octanol–water partition coefficient (Wildman–Crippen LogP) is 3.47. The third kappa shape index (κ3) is 49.1. The first-order valence-corrected chi connectivity index (χ1v) is 8.79. The van der Waals surface area contributed by atoms with Crippen LogP contribution in [0.1, 0.15) is 0 Å². The molecule has 0 amide bonds. The molecule has 0 saturated carbocycles. The smallest absolute Gasteiger partial charge is 0.195 e. The molecule has 0 saturated heterocycles. The minimum Gasteiger partial charge on any atom is -0.195 e. The maximum Gasteiger partial charge on any atom is 0.317 e. The second-order valence-electron chi connectivity index (χ2n) is 1.00. The van der Waals surface area contributed by atoms with Crippen LogP contribution < -0.4 is 0 Å². The van der Waals surface area contributed by atoms with E-state index in [-0.39, 0.29) is 0 Å². The maximum absolute atomic E-state index is 9.16. The Morgan fingerprint density at radius 3 is 1.27 bits per heavy atom. The quantitative estimate of drug-likeness (QED) is 0.590. The van der Waals surface area contributed by atoms with Crippen molar-refractivity contribution in [3.63, 3.8) is 0 Å². The van der Waals surface area contributed by atoms with Gasteiger partial charge >= 0.3 is 8.26 Å². The molecule has 0 aliphatic rings. The van der Waals surface area contributed by atoms with Gasteiger partial charge in [-0.05, 0) is 21.4 Å². The molecule has 0 aliphatic heterocycles. The second kappa shape index (κ2) is 9.89. The lowest BCUT2D eigenvalue weighted by Gasteiger charge is -1.82. The minimum atomic E-state index is -3.72. The first-order chi connectivity index (χ1) is 4.91. The molecule has 0 aromatic rings. The van der Waals surface area contributed by atoms with Gasteiger partial charge in [-0.15, -0.1) is 0 Å². The van der Waals surface area contributed by atoms with Crippen LogP contribution in [0.4, 0.5) is 0 Å². The molecule has 9 heteroatoms. The fraction of sp³-hybridized carbons (Fsp3) is 1.00. The van der Waals surface area contributed by atoms with Gasteiger partial charge < -0.3 is 0 Å². The van der Waals surface area contributed by atoms with Crippen LogP contribution in [-0.4, -0.2) is 19.9 Å². The van der Waals surface area contributed by atoms with Crippen LogP contribution in [0, 0.1) is 0 Å². The summed E-state index contributed by atoms with van der Waals surface area (Å²) in [7, 11) is 17.8. The molecular formula is C2H4Cl4O2S3. The zero-order valence-corrected chi connectivity index (χ0v) is 10.4. The molecule has 0 aromatic heterocycles. The average molecular weight is 298 g/mol. The minimum absolute atomic E-state index is 0.926. The summed E-state index contributed by atoms with van der Waals surface area (Å²) in [6.45, 7) is 0. The van der Waals surface area contributed by atoms with E-state index >= 15 is 0 Å². The van der Waals surface area contributed by atoms with Crippen LogP contribution in [0.5, 0.6) is 0 Å². The summed E-state index contributed by atoms with van der Waals surface area (Å²) in [6, 6.07) is 0. The van der Waals surface area contributed by atoms with E-state index in [4.69, 9.17) is 29.8 Å². The summed E-state index contributed by atoms with van der Waals surface area (Å²) in [6.07, 6.45) is 0. The van der Waals surface area contributed by atoms with Crippen molar-refractivity contribution >= 4 is 72.9 Å². The van der Waals surface area contributed by atoms with Crippen molar-refractivity contribution in [1.82, 2.24) is 0 Å². The second-order valence-corrected chi connectivity index (χ2v) is 7.24. The van der Waals surface area contributed by atoms with E-state index in [1.807, 2.05) is 0 Å². The zero-order valence-electron chi connectivity index (χ0n) is 4.97. The predicted molar refractivity (Wildman–Crippen MR) is 57.2 cm³/mol. The molecule has 0 aliphatic carbocycles. The standard InChI is InChI=1S/C2H4Cl2S2.Cl2O2S/c3-5-1-2-6-4;1-5(2,3)4/h1-2H2;. The molecule has 70 valence electrons. The Morgan fingerprint density at radius 1 is 1.00 bits per heavy atom. The molecule has 0 rings (SSSR count). The summed E-state index contributed by atoms with van der Waals surface area (Å²) >= 11 is 0. The highest BCUT2D eigenvalue weighted by molar-refractivity contribution is 8.31. The van der Waals surface area contributed by atoms with Gasteiger partial charge in [0.05, 0.1) is 0 Å². The van der Waals surface area contributed by atoms with Crippen molar-refractivity contribution in [2.45, 2.75) is 0 Å². The summed E-state index contributed by atoms with van der Waals surface area (Å²) in [4.78, 5) is 0. The molecule has 0 fully saturated rings. The first kappa shape index (κ1) is 15.3. The van der Waals surface area contributed by atoms with E-state index in [1.54, 1.807) is 0 Å². The van der Waals surface area contributed by atoms with Crippen molar-refractivity contribution in [2.24, 2.45) is 0 Å². The maximum atomic E-state index is 9.16. The number of rotatable bonds is 3. The highest BCUT2D eigenvalue weighted by Crippen LogP contribution is 2.12. The highest BCUT2D eigenvalue weighted by Gasteiger charge is 1.88. The van der Waals surface area contributed by atoms with Crippen LogP contribution in [0.3, 0.4) is 0 Å². The molecule has 0 bridgehead atoms. The average Bonchev–Trinajstić information content (AvgIpc) is 1.79. The SMILES string of the molecule is ClSCCSCl.O=S(=O)(Cl)Cl. The summed E-state index contributed by atoms with van der Waals surface area (Å²) < 4.78 is 18.3. The number of hydrogen-bond acceptors (Lipinski definition) is 4. The Balaban J connectivity index is 0. The van der Waals surface area contributed by atoms with Crippen LogP contribution in [-0.2, 0) is 8.26 Å². The third-order valence-electron chi connectivity index (χ3n) is 0.238. The summed E-state index contributed by atoms with van der Waals surface area (Å²) in [5.74, 6) is 1.85. The van der Waals surface area contributed by atoms with Crippen molar-refractivity contribution in [2.75, 3.05) is 11.5 Å². The van der Waals surface area contributed by atoms with E-state index in [1.165, 1.54) is 22.0 Å². The van der Waals surface area contributed by atoms with Crippen molar-refractivity contribution in [3.05, 3.63) is 0 Å². The first-order valence-electron chi connectivity index (χ1n) is 2.03. The van der Waals surface area contributed by atoms with Crippen LogP contribution in [0.25, 0.3) is 0 Å². The Morgan fingerprint density at radius 2 is 1.18 bits per heavy atom. The van der Waals surface area contributed by atoms with Crippen molar-refractivity contribution in [3.8, 4) is 0 Å². The Kier molecular flexibility index (Phi) is 13.8. The molecular weight excluding hydrogens is 294 g/mol. The van der Waals surface area contributed by atoms with Gasteiger partial charge in [0.25, 0.3) is 0 Å². The normalized spacial score (nSPS) is 10.2. The molecule has 0 heterocycles. The van der Waals surface area contributed by atoms with E-state index in [9.17, 15) is 0 Å². The van der Waals surface area contributed by atoms with Gasteiger partial charge in [-0.25, -0.2) is 0 Å². The fourth-order valence-electron chi connectivity index (χ4n) is 0.0630. The molecule has 0 aromatic carbocycles. The van der Waals surface area contributed by atoms with Crippen LogP contribution >= 0.6 is 64.7 Å². The molecule has 0 N–H and O–H groups in total. The number of hydrogen-bond donors (Lipinski definition) is 0. The Labute approximate surface area is 92.2 Å². The van der Waals surface area contributed by atoms with E-state index < -0.39 is 8.26 Å². The van der Waals surface area contributed by atoms with Crippen molar-refractivity contribution in [1.29, 1.82) is 0 Å². The van der Waals surface area contributed by atoms with Gasteiger partial charge in [0, 0.05) is 32.9 Å². The van der Waals surface area contributed by atoms with Gasteiger partial charge in [-0.2, -0.15) is 8.42 Å². The van der Waals surface area contributed by atoms with Crippen molar-refractivity contribution < 1.29 is 8.42 Å². The lowest BCUT2D eigenvalue weighted by molar-refractivity contribution is 0.621. The van der Waals surface area contributed by atoms with Gasteiger partial charge in [-0.1, -0.05) is 22.0 Å². The van der Waals surface area contributed by atoms with E-state index in [0.717, 1.165) is 11.5 Å². The Hall–Kier alpha value is 1.81. The molecule has 0 radical (unpaired) electrons. The van der Waals surface area contributed by atoms with Gasteiger partial charge in [0.1, 0.15) is 0 Å². The molecule has 2 nitrogen and oxygen atoms in total. The Bertz CT molecular complexity index is 145. The van der Waals surface area contributed by atoms with Crippen LogP contribution in [0.15, 0.2) is 0 Å². The summed E-state index contributed by atoms with van der Waals surface area (Å²) in [5.41, 5.74) is 0. The third-order valence-corrected chi connectivity index (χ3v) is 2.14. The monoisotopic (exact) mass is 296 g/mol. The molecule has 11 heavy (non-hydrogen) atoms. The molecule has 0 spiro atoms. The molecule has 0 unspecified atom stereocenters. The largest absolute Gasteiger partial charge is 0.317 e. The molecule has 0 atom stereocenters. The zero-order chi connectivity index (χ0) is 9.33. The summed E-state index contributed by atoms with van der Waals surface area (Å²) in [5, 5.41) is 0. The number of halogens is 4. The van der Waals surface area contributed by atoms with Gasteiger partial charge in [0.2, 0.25) is 0 Å². The van der Waals surface area contributed by atoms with E-state index in [2.05, 4.69) is 21.4 Å². The topological polar surface area (TPSA) is 34.1 Å². The van der Waals surface area contributed by atoms with E-state index in [0.29, 0.717) is 0 Å². The lowest BCUT2D eigenvalue weighted by Crippen LogP contribution is -1.72. The highest BCUT2D eigenvalue weighted by atomic mass is 36.0. The van der Waals surface area contributed by atoms with Crippen LogP contribution in [0.2, 0.25) is 0 Å². The lowest BCUT2D eigenvalue weighted by atomic mass is 11.0. The fourth-order valence-corrected chi connectivity index (χ4v) is 1.70. The van der Waals surface area contributed by atoms with Gasteiger partial charge in [-0.3, -0.25) is 0 Å².